The number of hydrogen-bond acceptors (Lipinski definition) is 5. The molecule has 1 atom stereocenters. The average Bonchev–Trinajstić information content (AvgIpc) is 3.20. The van der Waals surface area contributed by atoms with E-state index in [1.165, 1.54) is 0 Å². The Morgan fingerprint density at radius 2 is 1.85 bits per heavy atom. The van der Waals surface area contributed by atoms with Crippen molar-refractivity contribution in [1.29, 1.82) is 0 Å². The first-order valence-corrected chi connectivity index (χ1v) is 11.1. The quantitative estimate of drug-likeness (QED) is 0.597. The fourth-order valence-electron chi connectivity index (χ4n) is 3.80. The summed E-state index contributed by atoms with van der Waals surface area (Å²) in [6.45, 7) is 8.59. The Morgan fingerprint density at radius 3 is 2.52 bits per heavy atom. The molecule has 1 saturated heterocycles. The molecule has 170 valence electrons. The van der Waals surface area contributed by atoms with Gasteiger partial charge in [0.25, 0.3) is 5.91 Å². The van der Waals surface area contributed by atoms with E-state index in [4.69, 9.17) is 4.74 Å². The van der Waals surface area contributed by atoms with E-state index in [1.807, 2.05) is 50.2 Å². The highest BCUT2D eigenvalue weighted by Gasteiger charge is 2.36. The molecule has 0 bridgehead atoms. The SMILES string of the molecule is Cc1ccc(-c2cc(C(=O)NCc3cnc(C)cn3)cc(N3C(=O)OC[C@@H]3C(C)C)c2)cc1. The van der Waals surface area contributed by atoms with E-state index in [0.717, 1.165) is 22.4 Å². The molecule has 2 amide bonds. The molecule has 1 fully saturated rings. The molecule has 0 spiro atoms. The summed E-state index contributed by atoms with van der Waals surface area (Å²) in [4.78, 5) is 35.8. The van der Waals surface area contributed by atoms with Gasteiger partial charge in [0.15, 0.2) is 0 Å². The standard InChI is InChI=1S/C26H28N4O3/c1-16(2)24-15-33-26(32)30(24)23-10-20(19-7-5-17(3)6-8-19)9-21(11-23)25(31)29-14-22-13-27-18(4)12-28-22/h5-13,16,24H,14-15H2,1-4H3,(H,29,31)/t24-/m1/s1. The number of rotatable bonds is 6. The van der Waals surface area contributed by atoms with Gasteiger partial charge in [-0.05, 0) is 49.1 Å². The average molecular weight is 445 g/mol. The van der Waals surface area contributed by atoms with Gasteiger partial charge >= 0.3 is 6.09 Å². The molecule has 2 heterocycles. The Balaban J connectivity index is 1.69. The van der Waals surface area contributed by atoms with Crippen LogP contribution in [0, 0.1) is 19.8 Å². The third-order valence-electron chi connectivity index (χ3n) is 5.78. The van der Waals surface area contributed by atoms with Gasteiger partial charge in [-0.2, -0.15) is 0 Å². The van der Waals surface area contributed by atoms with Gasteiger partial charge in [0.2, 0.25) is 0 Å². The number of aromatic nitrogens is 2. The van der Waals surface area contributed by atoms with Gasteiger partial charge in [0.05, 0.1) is 30.2 Å². The minimum atomic E-state index is -0.393. The molecule has 1 aliphatic rings. The van der Waals surface area contributed by atoms with Crippen molar-refractivity contribution >= 4 is 17.7 Å². The largest absolute Gasteiger partial charge is 0.447 e. The van der Waals surface area contributed by atoms with E-state index in [-0.39, 0.29) is 24.4 Å². The lowest BCUT2D eigenvalue weighted by Gasteiger charge is -2.25. The van der Waals surface area contributed by atoms with Gasteiger partial charge in [0, 0.05) is 17.4 Å². The minimum absolute atomic E-state index is 0.0930. The molecular weight excluding hydrogens is 416 g/mol. The van der Waals surface area contributed by atoms with E-state index in [2.05, 4.69) is 29.1 Å². The number of nitrogens with one attached hydrogen (secondary N) is 1. The fraction of sp³-hybridized carbons (Fsp3) is 0.308. The van der Waals surface area contributed by atoms with Crippen molar-refractivity contribution in [3.8, 4) is 11.1 Å². The van der Waals surface area contributed by atoms with Gasteiger partial charge < -0.3 is 10.1 Å². The van der Waals surface area contributed by atoms with Crippen molar-refractivity contribution in [2.45, 2.75) is 40.3 Å². The van der Waals surface area contributed by atoms with Crippen molar-refractivity contribution in [3.63, 3.8) is 0 Å². The van der Waals surface area contributed by atoms with Crippen LogP contribution in [0.3, 0.4) is 0 Å². The predicted octanol–water partition coefficient (Wildman–Crippen LogP) is 4.67. The number of carbonyl (C=O) groups is 2. The summed E-state index contributed by atoms with van der Waals surface area (Å²) in [5, 5.41) is 2.91. The summed E-state index contributed by atoms with van der Waals surface area (Å²) < 4.78 is 5.34. The van der Waals surface area contributed by atoms with E-state index in [9.17, 15) is 9.59 Å². The lowest BCUT2D eigenvalue weighted by atomic mass is 9.98. The highest BCUT2D eigenvalue weighted by Crippen LogP contribution is 2.32. The third kappa shape index (κ3) is 5.03. The lowest BCUT2D eigenvalue weighted by Crippen LogP contribution is -2.37. The molecule has 1 N–H and O–H groups in total. The van der Waals surface area contributed by atoms with Crippen LogP contribution in [0.1, 0.15) is 41.2 Å². The first kappa shape index (κ1) is 22.5. The normalized spacial score (nSPS) is 15.6. The van der Waals surface area contributed by atoms with E-state index < -0.39 is 6.09 Å². The smallest absolute Gasteiger partial charge is 0.414 e. The minimum Gasteiger partial charge on any atom is -0.447 e. The van der Waals surface area contributed by atoms with E-state index >= 15 is 0 Å². The summed E-state index contributed by atoms with van der Waals surface area (Å²) in [6, 6.07) is 13.5. The molecule has 0 aliphatic carbocycles. The number of aryl methyl sites for hydroxylation is 2. The van der Waals surface area contributed by atoms with Crippen LogP contribution in [0.25, 0.3) is 11.1 Å². The molecule has 0 unspecified atom stereocenters. The first-order valence-electron chi connectivity index (χ1n) is 11.1. The number of cyclic esters (lactones) is 1. The zero-order valence-electron chi connectivity index (χ0n) is 19.3. The van der Waals surface area contributed by atoms with E-state index in [0.29, 0.717) is 23.6 Å². The topological polar surface area (TPSA) is 84.4 Å². The number of ether oxygens (including phenoxy) is 1. The summed E-state index contributed by atoms with van der Waals surface area (Å²) in [7, 11) is 0. The second-order valence-electron chi connectivity index (χ2n) is 8.72. The Labute approximate surface area is 193 Å². The van der Waals surface area contributed by atoms with Crippen molar-refractivity contribution in [3.05, 3.63) is 77.4 Å². The number of nitrogens with zero attached hydrogens (tertiary/aromatic N) is 3. The van der Waals surface area contributed by atoms with Crippen molar-refractivity contribution in [1.82, 2.24) is 15.3 Å². The number of carbonyl (C=O) groups excluding carboxylic acids is 2. The Hall–Kier alpha value is -3.74. The second-order valence-corrected chi connectivity index (χ2v) is 8.72. The molecule has 0 saturated carbocycles. The van der Waals surface area contributed by atoms with Gasteiger partial charge in [-0.25, -0.2) is 4.79 Å². The van der Waals surface area contributed by atoms with Gasteiger partial charge in [-0.3, -0.25) is 19.7 Å². The molecule has 33 heavy (non-hydrogen) atoms. The number of amides is 2. The zero-order chi connectivity index (χ0) is 23.5. The van der Waals surface area contributed by atoms with Crippen LogP contribution in [0.15, 0.2) is 54.9 Å². The first-order chi connectivity index (χ1) is 15.8. The van der Waals surface area contributed by atoms with E-state index in [1.54, 1.807) is 23.4 Å². The van der Waals surface area contributed by atoms with Crippen molar-refractivity contribution < 1.29 is 14.3 Å². The number of benzene rings is 2. The molecule has 0 radical (unpaired) electrons. The van der Waals surface area contributed by atoms with Crippen LogP contribution < -0.4 is 10.2 Å². The number of anilines is 1. The Bertz CT molecular complexity index is 1160. The van der Waals surface area contributed by atoms with Gasteiger partial charge in [-0.1, -0.05) is 43.7 Å². The van der Waals surface area contributed by atoms with Crippen LogP contribution in [0.5, 0.6) is 0 Å². The fourth-order valence-corrected chi connectivity index (χ4v) is 3.80. The maximum Gasteiger partial charge on any atom is 0.414 e. The van der Waals surface area contributed by atoms with Crippen LogP contribution in [-0.4, -0.2) is 34.6 Å². The van der Waals surface area contributed by atoms with Crippen molar-refractivity contribution in [2.75, 3.05) is 11.5 Å². The highest BCUT2D eigenvalue weighted by atomic mass is 16.6. The summed E-state index contributed by atoms with van der Waals surface area (Å²) in [5.41, 5.74) is 5.57. The molecule has 7 heteroatoms. The summed E-state index contributed by atoms with van der Waals surface area (Å²) in [5.74, 6) is -0.0434. The third-order valence-corrected chi connectivity index (χ3v) is 5.78. The van der Waals surface area contributed by atoms with Gasteiger partial charge in [-0.15, -0.1) is 0 Å². The van der Waals surface area contributed by atoms with Crippen LogP contribution in [-0.2, 0) is 11.3 Å². The molecule has 2 aromatic carbocycles. The maximum atomic E-state index is 13.1. The molecule has 7 nitrogen and oxygen atoms in total. The molecule has 3 aromatic rings. The monoisotopic (exact) mass is 444 g/mol. The predicted molar refractivity (Wildman–Crippen MR) is 127 cm³/mol. The summed E-state index contributed by atoms with van der Waals surface area (Å²) >= 11 is 0. The molecule has 1 aliphatic heterocycles. The molecule has 4 rings (SSSR count). The highest BCUT2D eigenvalue weighted by molar-refractivity contribution is 5.99. The number of hydrogen-bond donors (Lipinski definition) is 1. The Kier molecular flexibility index (Phi) is 6.40. The second kappa shape index (κ2) is 9.40. The molecular formula is C26H28N4O3. The lowest BCUT2D eigenvalue weighted by molar-refractivity contribution is 0.0950. The Morgan fingerprint density at radius 1 is 1.09 bits per heavy atom. The van der Waals surface area contributed by atoms with Crippen LogP contribution in [0.2, 0.25) is 0 Å². The van der Waals surface area contributed by atoms with Gasteiger partial charge in [0.1, 0.15) is 6.61 Å². The zero-order valence-corrected chi connectivity index (χ0v) is 19.3. The molecule has 1 aromatic heterocycles. The summed E-state index contributed by atoms with van der Waals surface area (Å²) in [6.07, 6.45) is 2.93. The van der Waals surface area contributed by atoms with Crippen LogP contribution >= 0.6 is 0 Å². The van der Waals surface area contributed by atoms with Crippen LogP contribution in [0.4, 0.5) is 10.5 Å². The van der Waals surface area contributed by atoms with Crippen molar-refractivity contribution in [2.24, 2.45) is 5.92 Å². The maximum absolute atomic E-state index is 13.1.